The van der Waals surface area contributed by atoms with Crippen LogP contribution in [0.4, 0.5) is 0 Å². The Bertz CT molecular complexity index is 2470. The first-order valence-corrected chi connectivity index (χ1v) is 21.7. The number of hydrogen-bond donors (Lipinski definition) is 7. The number of amides is 5. The lowest BCUT2D eigenvalue weighted by molar-refractivity contribution is -0.141. The van der Waals surface area contributed by atoms with Gasteiger partial charge >= 0.3 is 0 Å². The normalized spacial score (nSPS) is 18.2. The lowest BCUT2D eigenvalue weighted by Gasteiger charge is -2.38. The first-order chi connectivity index (χ1) is 31.7. The second-order valence-corrected chi connectivity index (χ2v) is 16.5. The maximum absolute atomic E-state index is 14.7. The average Bonchev–Trinajstić information content (AvgIpc) is 3.30. The van der Waals surface area contributed by atoms with Crippen LogP contribution in [0.3, 0.4) is 0 Å². The number of carbonyl (C=O) groups excluding carboxylic acids is 5. The molecule has 4 atom stereocenters. The van der Waals surface area contributed by atoms with E-state index in [2.05, 4.69) is 38.2 Å². The molecule has 3 aromatic carbocycles. The minimum Gasteiger partial charge on any atom is -0.492 e. The van der Waals surface area contributed by atoms with E-state index in [-0.39, 0.29) is 63.2 Å². The molecule has 3 heterocycles. The number of hydrogen-bond acceptors (Lipinski definition) is 14. The summed E-state index contributed by atoms with van der Waals surface area (Å²) in [6.07, 6.45) is 1.40. The quantitative estimate of drug-likeness (QED) is 0.0770. The van der Waals surface area contributed by atoms with Crippen LogP contribution in [0.15, 0.2) is 66.9 Å². The molecule has 19 heteroatoms. The van der Waals surface area contributed by atoms with Crippen LogP contribution in [0, 0.1) is 18.3 Å². The zero-order valence-electron chi connectivity index (χ0n) is 37.5. The Morgan fingerprint density at radius 3 is 2.23 bits per heavy atom. The molecule has 0 aliphatic carbocycles. The van der Waals surface area contributed by atoms with E-state index in [1.54, 1.807) is 43.3 Å². The van der Waals surface area contributed by atoms with Crippen molar-refractivity contribution in [2.24, 2.45) is 17.2 Å². The molecule has 1 aromatic heterocycles. The van der Waals surface area contributed by atoms with Crippen molar-refractivity contribution >= 4 is 29.5 Å². The Labute approximate surface area is 383 Å². The molecular weight excluding hydrogens is 847 g/mol. The van der Waals surface area contributed by atoms with E-state index in [9.17, 15) is 24.0 Å². The van der Waals surface area contributed by atoms with Crippen molar-refractivity contribution in [1.29, 1.82) is 5.26 Å². The molecule has 1 fully saturated rings. The fourth-order valence-electron chi connectivity index (χ4n) is 7.79. The third-order valence-electron chi connectivity index (χ3n) is 11.5. The number of benzene rings is 3. The zero-order valence-corrected chi connectivity index (χ0v) is 37.5. The monoisotopic (exact) mass is 903 g/mol. The first-order valence-electron chi connectivity index (χ1n) is 21.7. The number of nitrogens with two attached hydrogens (primary N) is 3. The number of nitrogens with zero attached hydrogens (tertiary/aromatic N) is 4. The standard InChI is InChI=1S/C47H57N11O8/c1-27-35(24-53-41(54-27)30-6-9-32(10-7-30)47(3)25-64-26-47)43(60)56-36(13-14-48)46(63)58(4)40-31-8-12-39(66-20-17-51)34(23-31)33-21-29(5-11-38(33)65-19-16-50)22-37(44(61)52-18-15-49)57-42(59)28(2)55-45(40)62/h5-12,21,23-24,28,36-37,40H,13-14,16-20,22,25-26,48,50-51H2,1-4H3,(H,52,61)(H,55,62)(H,56,60)(H,57,59)/t28-,36-,37-,40-/m0/s1. The van der Waals surface area contributed by atoms with Crippen molar-refractivity contribution in [2.75, 3.05) is 59.7 Å². The molecule has 0 saturated carbocycles. The second kappa shape index (κ2) is 21.8. The van der Waals surface area contributed by atoms with Crippen molar-refractivity contribution in [3.05, 3.63) is 94.8 Å². The summed E-state index contributed by atoms with van der Waals surface area (Å²) in [5, 5.41) is 19.9. The molecule has 1 saturated heterocycles. The van der Waals surface area contributed by atoms with Gasteiger partial charge in [-0.2, -0.15) is 5.26 Å². The van der Waals surface area contributed by atoms with Crippen molar-refractivity contribution in [2.45, 2.75) is 63.2 Å². The van der Waals surface area contributed by atoms with Gasteiger partial charge in [0.25, 0.3) is 5.91 Å². The van der Waals surface area contributed by atoms with E-state index in [1.165, 1.54) is 25.1 Å². The van der Waals surface area contributed by atoms with E-state index in [4.69, 9.17) is 36.7 Å². The number of fused-ring (bicyclic) bond motifs is 5. The van der Waals surface area contributed by atoms with E-state index >= 15 is 0 Å². The van der Waals surface area contributed by atoms with Crippen molar-refractivity contribution in [1.82, 2.24) is 36.1 Å². The summed E-state index contributed by atoms with van der Waals surface area (Å²) >= 11 is 0. The van der Waals surface area contributed by atoms with Crippen LogP contribution in [-0.2, 0) is 35.8 Å². The Hall–Kier alpha value is -6.98. The lowest BCUT2D eigenvalue weighted by atomic mass is 9.80. The van der Waals surface area contributed by atoms with Gasteiger partial charge in [0.2, 0.25) is 23.6 Å². The number of likely N-dealkylation sites (N-methyl/N-ethyl adjacent to an activating group) is 1. The maximum Gasteiger partial charge on any atom is 0.255 e. The van der Waals surface area contributed by atoms with Crippen LogP contribution in [0.5, 0.6) is 11.5 Å². The molecule has 4 bridgehead atoms. The Kier molecular flexibility index (Phi) is 16.0. The molecule has 0 unspecified atom stereocenters. The Balaban J connectivity index is 1.36. The van der Waals surface area contributed by atoms with Crippen LogP contribution in [-0.4, -0.2) is 122 Å². The van der Waals surface area contributed by atoms with E-state index < -0.39 is 53.7 Å². The number of ether oxygens (including phenoxy) is 3. The van der Waals surface area contributed by atoms with Gasteiger partial charge in [-0.1, -0.05) is 43.3 Å². The fourth-order valence-corrected chi connectivity index (χ4v) is 7.79. The van der Waals surface area contributed by atoms with Gasteiger partial charge in [0.05, 0.1) is 30.5 Å². The van der Waals surface area contributed by atoms with Crippen LogP contribution in [0.25, 0.3) is 22.5 Å². The summed E-state index contributed by atoms with van der Waals surface area (Å²) in [6.45, 7) is 6.90. The van der Waals surface area contributed by atoms with Crippen LogP contribution >= 0.6 is 0 Å². The molecule has 0 spiro atoms. The van der Waals surface area contributed by atoms with Gasteiger partial charge in [-0.05, 0) is 67.8 Å². The van der Waals surface area contributed by atoms with Gasteiger partial charge < -0.3 is 57.6 Å². The molecular formula is C47H57N11O8. The highest BCUT2D eigenvalue weighted by Crippen LogP contribution is 2.40. The number of rotatable bonds is 16. The molecule has 0 radical (unpaired) electrons. The highest BCUT2D eigenvalue weighted by atomic mass is 16.5. The third kappa shape index (κ3) is 11.1. The number of nitriles is 1. The van der Waals surface area contributed by atoms with Gasteiger partial charge in [0, 0.05) is 54.9 Å². The third-order valence-corrected chi connectivity index (χ3v) is 11.5. The number of aromatic nitrogens is 2. The molecule has 348 valence electrons. The zero-order chi connectivity index (χ0) is 47.5. The SMILES string of the molecule is Cc1nc(-c2ccc(C3(C)COC3)cc2)ncc1C(=O)N[C@@H](CCN)C(=O)N(C)[C@@H]1C(=O)N[C@@H](C)C(=O)N[C@H](C(=O)NCC#N)Cc2ccc(OCCN)c(c2)-c2cc1ccc2OCCN. The number of nitrogens with one attached hydrogen (secondary N) is 4. The maximum atomic E-state index is 14.7. The van der Waals surface area contributed by atoms with E-state index in [1.807, 2.05) is 30.3 Å². The molecule has 19 nitrogen and oxygen atoms in total. The molecule has 2 aliphatic heterocycles. The average molecular weight is 904 g/mol. The van der Waals surface area contributed by atoms with Crippen LogP contribution < -0.4 is 47.9 Å². The number of carbonyl (C=O) groups is 5. The minimum atomic E-state index is -1.41. The van der Waals surface area contributed by atoms with Crippen LogP contribution in [0.2, 0.25) is 0 Å². The predicted molar refractivity (Wildman–Crippen MR) is 244 cm³/mol. The van der Waals surface area contributed by atoms with Crippen molar-refractivity contribution in [3.63, 3.8) is 0 Å². The summed E-state index contributed by atoms with van der Waals surface area (Å²) < 4.78 is 17.6. The van der Waals surface area contributed by atoms with Crippen molar-refractivity contribution in [3.8, 4) is 40.1 Å². The van der Waals surface area contributed by atoms with Gasteiger partial charge in [-0.25, -0.2) is 9.97 Å². The highest BCUT2D eigenvalue weighted by Gasteiger charge is 2.37. The van der Waals surface area contributed by atoms with Gasteiger partial charge in [-0.15, -0.1) is 0 Å². The largest absolute Gasteiger partial charge is 0.492 e. The number of aryl methyl sites for hydroxylation is 1. The molecule has 5 amide bonds. The predicted octanol–water partition coefficient (Wildman–Crippen LogP) is 0.914. The Morgan fingerprint density at radius 1 is 0.955 bits per heavy atom. The lowest BCUT2D eigenvalue weighted by Crippen LogP contribution is -2.56. The highest BCUT2D eigenvalue weighted by molar-refractivity contribution is 6.00. The summed E-state index contributed by atoms with van der Waals surface area (Å²) in [5.74, 6) is -2.19. The molecule has 6 rings (SSSR count). The summed E-state index contributed by atoms with van der Waals surface area (Å²) in [7, 11) is 1.41. The molecule has 10 N–H and O–H groups in total. The summed E-state index contributed by atoms with van der Waals surface area (Å²) in [4.78, 5) is 80.5. The van der Waals surface area contributed by atoms with E-state index in [0.29, 0.717) is 58.5 Å². The smallest absolute Gasteiger partial charge is 0.255 e. The fraction of sp³-hybridized carbons (Fsp3) is 0.404. The summed E-state index contributed by atoms with van der Waals surface area (Å²) in [6, 6.07) is 14.9. The minimum absolute atomic E-state index is 0.000282. The van der Waals surface area contributed by atoms with Crippen LogP contribution in [0.1, 0.15) is 59.1 Å². The van der Waals surface area contributed by atoms with Crippen molar-refractivity contribution < 1.29 is 38.2 Å². The van der Waals surface area contributed by atoms with Gasteiger partial charge in [0.15, 0.2) is 5.82 Å². The second-order valence-electron chi connectivity index (χ2n) is 16.5. The molecule has 4 aromatic rings. The van der Waals surface area contributed by atoms with Gasteiger partial charge in [0.1, 0.15) is 55.4 Å². The first kappa shape index (κ1) is 48.5. The van der Waals surface area contributed by atoms with E-state index in [0.717, 1.165) is 11.1 Å². The molecule has 66 heavy (non-hydrogen) atoms. The Morgan fingerprint density at radius 2 is 1.62 bits per heavy atom. The topological polar surface area (TPSA) is 292 Å². The van der Waals surface area contributed by atoms with Gasteiger partial charge in [-0.3, -0.25) is 24.0 Å². The summed E-state index contributed by atoms with van der Waals surface area (Å²) in [5.41, 5.74) is 21.9. The molecule has 2 aliphatic rings.